The van der Waals surface area contributed by atoms with E-state index in [1.54, 1.807) is 0 Å². The van der Waals surface area contributed by atoms with E-state index in [1.807, 2.05) is 0 Å². The van der Waals surface area contributed by atoms with Gasteiger partial charge in [0.15, 0.2) is 0 Å². The molecular weight excluding hydrogens is 234 g/mol. The monoisotopic (exact) mass is 263 g/mol. The van der Waals surface area contributed by atoms with Gasteiger partial charge in [0.05, 0.1) is 6.61 Å². The highest BCUT2D eigenvalue weighted by molar-refractivity contribution is 5.22. The summed E-state index contributed by atoms with van der Waals surface area (Å²) in [5, 5.41) is 3.42. The average molecular weight is 263 g/mol. The molecule has 0 atom stereocenters. The van der Waals surface area contributed by atoms with E-state index in [9.17, 15) is 0 Å². The Morgan fingerprint density at radius 3 is 2.58 bits per heavy atom. The molecule has 0 aliphatic heterocycles. The molecule has 0 aliphatic carbocycles. The van der Waals surface area contributed by atoms with Crippen molar-refractivity contribution in [2.24, 2.45) is 5.41 Å². The van der Waals surface area contributed by atoms with E-state index in [0.29, 0.717) is 5.41 Å². The van der Waals surface area contributed by atoms with E-state index in [2.05, 4.69) is 57.3 Å². The maximum Gasteiger partial charge on any atom is 0.0716 e. The van der Waals surface area contributed by atoms with Crippen molar-refractivity contribution in [1.29, 1.82) is 0 Å². The predicted molar refractivity (Wildman–Crippen MR) is 82.2 cm³/mol. The molecule has 0 fully saturated rings. The summed E-state index contributed by atoms with van der Waals surface area (Å²) in [6.07, 6.45) is 2.28. The van der Waals surface area contributed by atoms with Crippen LogP contribution in [-0.4, -0.2) is 13.2 Å². The number of nitrogens with one attached hydrogen (secondary N) is 1. The fourth-order valence-corrected chi connectivity index (χ4v) is 1.81. The van der Waals surface area contributed by atoms with Crippen LogP contribution >= 0.6 is 0 Å². The Labute approximate surface area is 118 Å². The molecule has 0 unspecified atom stereocenters. The van der Waals surface area contributed by atoms with Gasteiger partial charge in [-0.1, -0.05) is 52.0 Å². The molecule has 0 aromatic heterocycles. The number of ether oxygens (including phenoxy) is 1. The highest BCUT2D eigenvalue weighted by Crippen LogP contribution is 2.18. The van der Waals surface area contributed by atoms with Crippen molar-refractivity contribution >= 4 is 0 Å². The van der Waals surface area contributed by atoms with Crippen molar-refractivity contribution < 1.29 is 4.74 Å². The third kappa shape index (κ3) is 8.02. The largest absolute Gasteiger partial charge is 0.377 e. The molecule has 0 heterocycles. The summed E-state index contributed by atoms with van der Waals surface area (Å²) in [5.41, 5.74) is 2.96. The van der Waals surface area contributed by atoms with Crippen molar-refractivity contribution in [2.75, 3.05) is 13.2 Å². The van der Waals surface area contributed by atoms with Crippen LogP contribution in [0.25, 0.3) is 0 Å². The van der Waals surface area contributed by atoms with Gasteiger partial charge in [0.25, 0.3) is 0 Å². The highest BCUT2D eigenvalue weighted by atomic mass is 16.5. The third-order valence-corrected chi connectivity index (χ3v) is 3.01. The van der Waals surface area contributed by atoms with Gasteiger partial charge >= 0.3 is 0 Å². The van der Waals surface area contributed by atoms with E-state index >= 15 is 0 Å². The van der Waals surface area contributed by atoms with Crippen LogP contribution in [0.3, 0.4) is 0 Å². The van der Waals surface area contributed by atoms with Gasteiger partial charge in [-0.2, -0.15) is 0 Å². The molecule has 0 radical (unpaired) electrons. The summed E-state index contributed by atoms with van der Waals surface area (Å²) in [7, 11) is 0. The van der Waals surface area contributed by atoms with E-state index in [4.69, 9.17) is 4.74 Å². The third-order valence-electron chi connectivity index (χ3n) is 3.01. The fraction of sp³-hybridized carbons (Fsp3) is 0.647. The van der Waals surface area contributed by atoms with Gasteiger partial charge in [0.1, 0.15) is 0 Å². The predicted octanol–water partition coefficient (Wildman–Crippen LogP) is 4.14. The number of rotatable bonds is 8. The summed E-state index contributed by atoms with van der Waals surface area (Å²) >= 11 is 0. The van der Waals surface area contributed by atoms with Gasteiger partial charge in [-0.3, -0.25) is 0 Å². The molecule has 108 valence electrons. The van der Waals surface area contributed by atoms with Crippen LogP contribution in [0, 0.1) is 5.41 Å². The molecule has 1 aromatic rings. The first-order chi connectivity index (χ1) is 9.01. The Morgan fingerprint density at radius 1 is 1.16 bits per heavy atom. The van der Waals surface area contributed by atoms with Crippen LogP contribution in [0.5, 0.6) is 0 Å². The first kappa shape index (κ1) is 16.2. The van der Waals surface area contributed by atoms with Crippen molar-refractivity contribution in [2.45, 2.75) is 53.7 Å². The SMILES string of the molecule is CCCNCc1cccc(COCCC(C)(C)C)c1. The lowest BCUT2D eigenvalue weighted by Crippen LogP contribution is -2.14. The lowest BCUT2D eigenvalue weighted by atomic mass is 9.93. The molecule has 19 heavy (non-hydrogen) atoms. The molecule has 0 saturated heterocycles. The van der Waals surface area contributed by atoms with Gasteiger partial charge < -0.3 is 10.1 Å². The smallest absolute Gasteiger partial charge is 0.0716 e. The summed E-state index contributed by atoms with van der Waals surface area (Å²) in [4.78, 5) is 0. The molecule has 0 amide bonds. The second-order valence-electron chi connectivity index (χ2n) is 6.36. The molecule has 0 aliphatic rings. The Hall–Kier alpha value is -0.860. The van der Waals surface area contributed by atoms with Crippen LogP contribution in [-0.2, 0) is 17.9 Å². The lowest BCUT2D eigenvalue weighted by Gasteiger charge is -2.17. The molecule has 2 heteroatoms. The van der Waals surface area contributed by atoms with E-state index < -0.39 is 0 Å². The quantitative estimate of drug-likeness (QED) is 0.712. The van der Waals surface area contributed by atoms with Gasteiger partial charge in [0, 0.05) is 13.2 Å². The molecule has 1 rings (SSSR count). The first-order valence-corrected chi connectivity index (χ1v) is 7.37. The Morgan fingerprint density at radius 2 is 1.89 bits per heavy atom. The maximum atomic E-state index is 5.76. The van der Waals surface area contributed by atoms with Gasteiger partial charge in [-0.05, 0) is 35.9 Å². The lowest BCUT2D eigenvalue weighted by molar-refractivity contribution is 0.0962. The average Bonchev–Trinajstić information content (AvgIpc) is 2.35. The summed E-state index contributed by atoms with van der Waals surface area (Å²) in [6, 6.07) is 8.66. The van der Waals surface area contributed by atoms with Crippen LogP contribution in [0.2, 0.25) is 0 Å². The first-order valence-electron chi connectivity index (χ1n) is 7.37. The molecule has 2 nitrogen and oxygen atoms in total. The summed E-state index contributed by atoms with van der Waals surface area (Å²) < 4.78 is 5.76. The Bertz CT molecular complexity index is 355. The fourth-order valence-electron chi connectivity index (χ4n) is 1.81. The van der Waals surface area contributed by atoms with Crippen LogP contribution in [0.15, 0.2) is 24.3 Å². The highest BCUT2D eigenvalue weighted by Gasteiger charge is 2.09. The summed E-state index contributed by atoms with van der Waals surface area (Å²) in [6.45, 7) is 12.5. The van der Waals surface area contributed by atoms with Crippen molar-refractivity contribution in [3.63, 3.8) is 0 Å². The maximum absolute atomic E-state index is 5.76. The summed E-state index contributed by atoms with van der Waals surface area (Å²) in [5.74, 6) is 0. The van der Waals surface area contributed by atoms with Crippen molar-refractivity contribution in [1.82, 2.24) is 5.32 Å². The topological polar surface area (TPSA) is 21.3 Å². The molecule has 1 N–H and O–H groups in total. The number of hydrogen-bond acceptors (Lipinski definition) is 2. The number of benzene rings is 1. The van der Waals surface area contributed by atoms with Crippen LogP contribution in [0.1, 0.15) is 51.7 Å². The minimum atomic E-state index is 0.353. The minimum absolute atomic E-state index is 0.353. The van der Waals surface area contributed by atoms with Crippen LogP contribution < -0.4 is 5.32 Å². The molecular formula is C17H29NO. The minimum Gasteiger partial charge on any atom is -0.377 e. The number of hydrogen-bond donors (Lipinski definition) is 1. The Balaban J connectivity index is 2.31. The molecule has 0 spiro atoms. The zero-order valence-corrected chi connectivity index (χ0v) is 13.0. The van der Waals surface area contributed by atoms with E-state index in [1.165, 1.54) is 17.5 Å². The van der Waals surface area contributed by atoms with Gasteiger partial charge in [-0.25, -0.2) is 0 Å². The normalized spacial score (nSPS) is 11.8. The second-order valence-corrected chi connectivity index (χ2v) is 6.36. The van der Waals surface area contributed by atoms with Crippen molar-refractivity contribution in [3.8, 4) is 0 Å². The zero-order valence-electron chi connectivity index (χ0n) is 13.0. The zero-order chi connectivity index (χ0) is 14.1. The van der Waals surface area contributed by atoms with Crippen molar-refractivity contribution in [3.05, 3.63) is 35.4 Å². The standard InChI is InChI=1S/C17H29NO/c1-5-10-18-13-15-7-6-8-16(12-15)14-19-11-9-17(2,3)4/h6-8,12,18H,5,9-11,13-14H2,1-4H3. The molecule has 0 saturated carbocycles. The molecule has 1 aromatic carbocycles. The second kappa shape index (κ2) is 8.34. The van der Waals surface area contributed by atoms with Gasteiger partial charge in [-0.15, -0.1) is 0 Å². The van der Waals surface area contributed by atoms with E-state index in [0.717, 1.165) is 32.7 Å². The van der Waals surface area contributed by atoms with E-state index in [-0.39, 0.29) is 0 Å². The van der Waals surface area contributed by atoms with Gasteiger partial charge in [0.2, 0.25) is 0 Å². The van der Waals surface area contributed by atoms with Crippen LogP contribution in [0.4, 0.5) is 0 Å². The molecule has 0 bridgehead atoms. The Kier molecular flexibility index (Phi) is 7.11.